The highest BCUT2D eigenvalue weighted by atomic mass is 16.2. The van der Waals surface area contributed by atoms with Crippen molar-refractivity contribution in [2.45, 2.75) is 38.8 Å². The predicted molar refractivity (Wildman–Crippen MR) is 115 cm³/mol. The van der Waals surface area contributed by atoms with Crippen LogP contribution in [0.5, 0.6) is 0 Å². The number of carbonyl (C=O) groups excluding carboxylic acids is 2. The van der Waals surface area contributed by atoms with Gasteiger partial charge in [0, 0.05) is 31.7 Å². The van der Waals surface area contributed by atoms with Crippen molar-refractivity contribution in [3.63, 3.8) is 0 Å². The highest BCUT2D eigenvalue weighted by Gasteiger charge is 2.35. The Morgan fingerprint density at radius 3 is 2.66 bits per heavy atom. The third kappa shape index (κ3) is 4.35. The van der Waals surface area contributed by atoms with Gasteiger partial charge in [0.15, 0.2) is 0 Å². The molecule has 1 heterocycles. The Morgan fingerprint density at radius 2 is 1.86 bits per heavy atom. The number of hydrogen-bond acceptors (Lipinski definition) is 3. The number of carbonyl (C=O) groups is 2. The van der Waals surface area contributed by atoms with Crippen LogP contribution in [0.4, 0.5) is 5.69 Å². The van der Waals surface area contributed by atoms with Gasteiger partial charge in [0.05, 0.1) is 5.92 Å². The lowest BCUT2D eigenvalue weighted by Gasteiger charge is -2.18. The van der Waals surface area contributed by atoms with E-state index in [1.807, 2.05) is 32.3 Å². The van der Waals surface area contributed by atoms with Gasteiger partial charge in [-0.2, -0.15) is 0 Å². The summed E-state index contributed by atoms with van der Waals surface area (Å²) >= 11 is 0. The molecule has 5 heteroatoms. The van der Waals surface area contributed by atoms with Crippen molar-refractivity contribution >= 4 is 17.5 Å². The Kier molecular flexibility index (Phi) is 5.67. The second kappa shape index (κ2) is 8.37. The molecule has 0 saturated carbocycles. The highest BCUT2D eigenvalue weighted by molar-refractivity contribution is 6.00. The minimum Gasteiger partial charge on any atom is -0.352 e. The summed E-state index contributed by atoms with van der Waals surface area (Å²) in [5.74, 6) is -0.297. The average molecular weight is 392 g/mol. The van der Waals surface area contributed by atoms with Crippen molar-refractivity contribution in [3.05, 3.63) is 64.7 Å². The first kappa shape index (κ1) is 19.6. The summed E-state index contributed by atoms with van der Waals surface area (Å²) in [4.78, 5) is 29.2. The Morgan fingerprint density at radius 1 is 1.10 bits per heavy atom. The fraction of sp³-hybridized carbons (Fsp3) is 0.417. The maximum atomic E-state index is 12.8. The number of nitrogens with one attached hydrogen (secondary N) is 1. The molecule has 1 fully saturated rings. The summed E-state index contributed by atoms with van der Waals surface area (Å²) in [6.45, 7) is 1.79. The molecule has 152 valence electrons. The lowest BCUT2D eigenvalue weighted by molar-refractivity contribution is -0.126. The van der Waals surface area contributed by atoms with E-state index in [2.05, 4.69) is 34.5 Å². The van der Waals surface area contributed by atoms with Crippen LogP contribution in [0.1, 0.15) is 35.1 Å². The summed E-state index contributed by atoms with van der Waals surface area (Å²) in [6.07, 6.45) is 3.68. The van der Waals surface area contributed by atoms with Crippen molar-refractivity contribution in [2.75, 3.05) is 25.5 Å². The van der Waals surface area contributed by atoms with Crippen LogP contribution < -0.4 is 10.2 Å². The molecule has 1 atom stereocenters. The molecule has 0 unspecified atom stereocenters. The first-order chi connectivity index (χ1) is 14.0. The standard InChI is InChI=1S/C24H29N3O2/c1-26(2)15-20-7-4-3-6-19(20)14-25-24(29)21-13-23(28)27(16-21)22-11-10-17-8-5-9-18(17)12-22/h3-4,6-7,10-12,21H,5,8-9,13-16H2,1-2H3,(H,25,29)/t21-/m1/s1. The molecular weight excluding hydrogens is 362 g/mol. The van der Waals surface area contributed by atoms with E-state index < -0.39 is 0 Å². The molecule has 1 aliphatic heterocycles. The Hall–Kier alpha value is -2.66. The molecule has 4 rings (SSSR count). The van der Waals surface area contributed by atoms with E-state index in [9.17, 15) is 9.59 Å². The van der Waals surface area contributed by atoms with Crippen molar-refractivity contribution in [2.24, 2.45) is 5.92 Å². The van der Waals surface area contributed by atoms with Crippen LogP contribution in [-0.4, -0.2) is 37.4 Å². The van der Waals surface area contributed by atoms with Gasteiger partial charge in [0.25, 0.3) is 0 Å². The molecule has 2 aromatic rings. The minimum atomic E-state index is -0.295. The van der Waals surface area contributed by atoms with E-state index in [0.29, 0.717) is 13.1 Å². The van der Waals surface area contributed by atoms with Gasteiger partial charge in [-0.3, -0.25) is 9.59 Å². The molecule has 0 radical (unpaired) electrons. The molecule has 5 nitrogen and oxygen atoms in total. The van der Waals surface area contributed by atoms with Crippen LogP contribution in [0.15, 0.2) is 42.5 Å². The van der Waals surface area contributed by atoms with E-state index in [4.69, 9.17) is 0 Å². The van der Waals surface area contributed by atoms with E-state index >= 15 is 0 Å². The van der Waals surface area contributed by atoms with Gasteiger partial charge in [0.1, 0.15) is 0 Å². The predicted octanol–water partition coefficient (Wildman–Crippen LogP) is 2.91. The van der Waals surface area contributed by atoms with Gasteiger partial charge in [-0.05, 0) is 67.7 Å². The lowest BCUT2D eigenvalue weighted by Crippen LogP contribution is -2.33. The number of nitrogens with zero attached hydrogens (tertiary/aromatic N) is 2. The second-order valence-corrected chi connectivity index (χ2v) is 8.44. The Labute approximate surface area is 172 Å². The van der Waals surface area contributed by atoms with Crippen LogP contribution in [0.3, 0.4) is 0 Å². The van der Waals surface area contributed by atoms with Gasteiger partial charge in [-0.1, -0.05) is 30.3 Å². The van der Waals surface area contributed by atoms with Crippen LogP contribution in [-0.2, 0) is 35.5 Å². The maximum Gasteiger partial charge on any atom is 0.227 e. The number of amides is 2. The quantitative estimate of drug-likeness (QED) is 0.824. The number of benzene rings is 2. The SMILES string of the molecule is CN(C)Cc1ccccc1CNC(=O)[C@@H]1CC(=O)N(c2ccc3c(c2)CCC3)C1. The van der Waals surface area contributed by atoms with Crippen molar-refractivity contribution < 1.29 is 9.59 Å². The molecule has 1 saturated heterocycles. The first-order valence-corrected chi connectivity index (χ1v) is 10.4. The molecule has 0 aromatic heterocycles. The molecule has 0 bridgehead atoms. The lowest BCUT2D eigenvalue weighted by atomic mass is 10.1. The Bertz CT molecular complexity index is 922. The van der Waals surface area contributed by atoms with Gasteiger partial charge in [-0.15, -0.1) is 0 Å². The Balaban J connectivity index is 1.39. The monoisotopic (exact) mass is 391 g/mol. The molecular formula is C24H29N3O2. The fourth-order valence-corrected chi connectivity index (χ4v) is 4.41. The molecule has 1 aliphatic carbocycles. The molecule has 0 spiro atoms. The summed E-state index contributed by atoms with van der Waals surface area (Å²) in [7, 11) is 4.07. The van der Waals surface area contributed by atoms with Gasteiger partial charge < -0.3 is 15.1 Å². The smallest absolute Gasteiger partial charge is 0.227 e. The normalized spacial score (nSPS) is 18.4. The van der Waals surface area contributed by atoms with Gasteiger partial charge in [-0.25, -0.2) is 0 Å². The van der Waals surface area contributed by atoms with Crippen molar-refractivity contribution in [1.82, 2.24) is 10.2 Å². The van der Waals surface area contributed by atoms with Crippen molar-refractivity contribution in [1.29, 1.82) is 0 Å². The van der Waals surface area contributed by atoms with Gasteiger partial charge in [0.2, 0.25) is 11.8 Å². The summed E-state index contributed by atoms with van der Waals surface area (Å²) in [5.41, 5.74) is 6.00. The zero-order chi connectivity index (χ0) is 20.4. The maximum absolute atomic E-state index is 12.8. The van der Waals surface area contributed by atoms with Crippen LogP contribution in [0.25, 0.3) is 0 Å². The molecule has 1 N–H and O–H groups in total. The number of fused-ring (bicyclic) bond motifs is 1. The fourth-order valence-electron chi connectivity index (χ4n) is 4.41. The third-order valence-corrected chi connectivity index (χ3v) is 5.95. The van der Waals surface area contributed by atoms with Gasteiger partial charge >= 0.3 is 0 Å². The zero-order valence-corrected chi connectivity index (χ0v) is 17.3. The van der Waals surface area contributed by atoms with Crippen LogP contribution in [0.2, 0.25) is 0 Å². The zero-order valence-electron chi connectivity index (χ0n) is 17.3. The van der Waals surface area contributed by atoms with E-state index in [1.54, 1.807) is 4.90 Å². The van der Waals surface area contributed by atoms with Crippen LogP contribution in [0, 0.1) is 5.92 Å². The largest absolute Gasteiger partial charge is 0.352 e. The molecule has 2 amide bonds. The number of aryl methyl sites for hydroxylation is 2. The van der Waals surface area contributed by atoms with Crippen LogP contribution >= 0.6 is 0 Å². The number of rotatable bonds is 6. The molecule has 2 aromatic carbocycles. The summed E-state index contributed by atoms with van der Waals surface area (Å²) in [6, 6.07) is 14.5. The number of anilines is 1. The average Bonchev–Trinajstić information content (AvgIpc) is 3.32. The number of hydrogen-bond donors (Lipinski definition) is 1. The summed E-state index contributed by atoms with van der Waals surface area (Å²) < 4.78 is 0. The second-order valence-electron chi connectivity index (χ2n) is 8.44. The third-order valence-electron chi connectivity index (χ3n) is 5.95. The highest BCUT2D eigenvalue weighted by Crippen LogP contribution is 2.30. The van der Waals surface area contributed by atoms with E-state index in [-0.39, 0.29) is 24.2 Å². The van der Waals surface area contributed by atoms with E-state index in [0.717, 1.165) is 30.6 Å². The molecule has 2 aliphatic rings. The molecule has 29 heavy (non-hydrogen) atoms. The van der Waals surface area contributed by atoms with Crippen molar-refractivity contribution in [3.8, 4) is 0 Å². The topological polar surface area (TPSA) is 52.7 Å². The first-order valence-electron chi connectivity index (χ1n) is 10.4. The van der Waals surface area contributed by atoms with E-state index in [1.165, 1.54) is 23.1 Å². The summed E-state index contributed by atoms with van der Waals surface area (Å²) in [5, 5.41) is 3.05. The minimum absolute atomic E-state index is 0.0381.